The second-order valence-electron chi connectivity index (χ2n) is 6.71. The van der Waals surface area contributed by atoms with Crippen LogP contribution in [0.1, 0.15) is 44.7 Å². The van der Waals surface area contributed by atoms with Crippen LogP contribution in [-0.2, 0) is 9.59 Å². The summed E-state index contributed by atoms with van der Waals surface area (Å²) in [4.78, 5) is 23.6. The van der Waals surface area contributed by atoms with Crippen molar-refractivity contribution >= 4 is 23.2 Å². The molecule has 2 amide bonds. The van der Waals surface area contributed by atoms with E-state index in [0.717, 1.165) is 16.9 Å². The summed E-state index contributed by atoms with van der Waals surface area (Å²) >= 11 is 0. The lowest BCUT2D eigenvalue weighted by Gasteiger charge is -2.19. The van der Waals surface area contributed by atoms with Crippen LogP contribution in [-0.4, -0.2) is 17.9 Å². The summed E-state index contributed by atoms with van der Waals surface area (Å²) in [5, 5.41) is 5.52. The van der Waals surface area contributed by atoms with Crippen LogP contribution < -0.4 is 15.4 Å². The minimum Gasteiger partial charge on any atom is -0.481 e. The summed E-state index contributed by atoms with van der Waals surface area (Å²) in [6.45, 7) is 9.34. The monoisotopic (exact) mass is 354 g/mol. The van der Waals surface area contributed by atoms with Crippen LogP contribution in [0.15, 0.2) is 42.5 Å². The van der Waals surface area contributed by atoms with E-state index < -0.39 is 6.10 Å². The molecule has 1 atom stereocenters. The average Bonchev–Trinajstić information content (AvgIpc) is 2.54. The zero-order valence-corrected chi connectivity index (χ0v) is 15.9. The van der Waals surface area contributed by atoms with Crippen LogP contribution in [0, 0.1) is 6.92 Å². The first-order chi connectivity index (χ1) is 12.3. The number of anilines is 2. The van der Waals surface area contributed by atoms with Crippen molar-refractivity contribution in [2.24, 2.45) is 0 Å². The molecular weight excluding hydrogens is 328 g/mol. The molecule has 0 aliphatic heterocycles. The molecule has 0 radical (unpaired) electrons. The molecule has 0 aromatic heterocycles. The minimum absolute atomic E-state index is 0.161. The highest BCUT2D eigenvalue weighted by atomic mass is 16.5. The molecule has 26 heavy (non-hydrogen) atoms. The van der Waals surface area contributed by atoms with Gasteiger partial charge < -0.3 is 15.4 Å². The Morgan fingerprint density at radius 3 is 2.23 bits per heavy atom. The lowest BCUT2D eigenvalue weighted by molar-refractivity contribution is -0.122. The molecule has 0 spiro atoms. The highest BCUT2D eigenvalue weighted by molar-refractivity contribution is 5.95. The minimum atomic E-state index is -0.654. The molecule has 0 saturated heterocycles. The Kier molecular flexibility index (Phi) is 6.39. The smallest absolute Gasteiger partial charge is 0.265 e. The van der Waals surface area contributed by atoms with Crippen molar-refractivity contribution in [2.75, 3.05) is 10.6 Å². The van der Waals surface area contributed by atoms with Crippen LogP contribution in [0.4, 0.5) is 11.4 Å². The van der Waals surface area contributed by atoms with Crippen LogP contribution in [0.2, 0.25) is 0 Å². The zero-order chi connectivity index (χ0) is 19.3. The summed E-state index contributed by atoms with van der Waals surface area (Å²) in [6.07, 6.45) is -0.654. The third-order valence-electron chi connectivity index (χ3n) is 3.91. The highest BCUT2D eigenvalue weighted by Gasteiger charge is 2.18. The molecule has 0 bridgehead atoms. The van der Waals surface area contributed by atoms with Gasteiger partial charge in [-0.1, -0.05) is 32.0 Å². The number of nitrogens with one attached hydrogen (secondary N) is 2. The number of hydrogen-bond donors (Lipinski definition) is 2. The topological polar surface area (TPSA) is 67.4 Å². The molecule has 0 aliphatic carbocycles. The summed E-state index contributed by atoms with van der Waals surface area (Å²) in [6, 6.07) is 13.0. The molecule has 5 nitrogen and oxygen atoms in total. The summed E-state index contributed by atoms with van der Waals surface area (Å²) < 4.78 is 5.93. The Labute approximate surface area is 154 Å². The maximum atomic E-state index is 12.5. The van der Waals surface area contributed by atoms with Crippen molar-refractivity contribution < 1.29 is 14.3 Å². The van der Waals surface area contributed by atoms with Gasteiger partial charge in [-0.2, -0.15) is 0 Å². The van der Waals surface area contributed by atoms with E-state index in [-0.39, 0.29) is 11.8 Å². The Morgan fingerprint density at radius 1 is 0.962 bits per heavy atom. The number of carbonyl (C=O) groups excluding carboxylic acids is 2. The van der Waals surface area contributed by atoms with E-state index in [9.17, 15) is 9.59 Å². The number of hydrogen-bond acceptors (Lipinski definition) is 3. The first kappa shape index (κ1) is 19.5. The van der Waals surface area contributed by atoms with Crippen LogP contribution >= 0.6 is 0 Å². The first-order valence-electron chi connectivity index (χ1n) is 8.72. The molecule has 5 heteroatoms. The molecule has 2 rings (SSSR count). The van der Waals surface area contributed by atoms with E-state index in [1.54, 1.807) is 31.2 Å². The fourth-order valence-electron chi connectivity index (χ4n) is 2.59. The van der Waals surface area contributed by atoms with E-state index in [1.165, 1.54) is 6.92 Å². The Hall–Kier alpha value is -2.82. The molecule has 2 aromatic carbocycles. The van der Waals surface area contributed by atoms with Crippen LogP contribution in [0.5, 0.6) is 5.75 Å². The normalized spacial score (nSPS) is 11.8. The second kappa shape index (κ2) is 8.52. The van der Waals surface area contributed by atoms with Gasteiger partial charge in [0.25, 0.3) is 5.91 Å². The van der Waals surface area contributed by atoms with Crippen molar-refractivity contribution in [3.8, 4) is 5.75 Å². The molecular formula is C21H26N2O3. The van der Waals surface area contributed by atoms with Gasteiger partial charge in [0.05, 0.1) is 0 Å². The predicted octanol–water partition coefficient (Wildman–Crippen LogP) is 4.48. The number of benzene rings is 2. The summed E-state index contributed by atoms with van der Waals surface area (Å²) in [5.74, 6) is 0.622. The molecule has 138 valence electrons. The van der Waals surface area contributed by atoms with Gasteiger partial charge in [0.1, 0.15) is 5.75 Å². The molecule has 0 aliphatic rings. The number of ether oxygens (including phenoxy) is 1. The molecule has 0 fully saturated rings. The quantitative estimate of drug-likeness (QED) is 0.803. The van der Waals surface area contributed by atoms with E-state index in [4.69, 9.17) is 4.74 Å². The molecule has 0 heterocycles. The van der Waals surface area contributed by atoms with E-state index in [0.29, 0.717) is 17.3 Å². The van der Waals surface area contributed by atoms with Gasteiger partial charge >= 0.3 is 0 Å². The standard InChI is InChI=1S/C21H26N2O3/c1-13(2)19-10-9-14(3)11-20(19)26-15(4)21(25)23-18-8-6-7-17(12-18)22-16(5)24/h6-13,15H,1-5H3,(H,22,24)(H,23,25)/t15-/m1/s1. The SMILES string of the molecule is CC(=O)Nc1cccc(NC(=O)[C@@H](C)Oc2cc(C)ccc2C(C)C)c1. The van der Waals surface area contributed by atoms with Gasteiger partial charge in [-0.25, -0.2) is 0 Å². The molecule has 2 N–H and O–H groups in total. The van der Waals surface area contributed by atoms with E-state index in [1.807, 2.05) is 25.1 Å². The Balaban J connectivity index is 2.09. The van der Waals surface area contributed by atoms with E-state index >= 15 is 0 Å². The Bertz CT molecular complexity index is 800. The van der Waals surface area contributed by atoms with Crippen molar-refractivity contribution in [2.45, 2.75) is 46.6 Å². The number of amides is 2. The third-order valence-corrected chi connectivity index (χ3v) is 3.91. The summed E-state index contributed by atoms with van der Waals surface area (Å²) in [5.41, 5.74) is 3.39. The maximum Gasteiger partial charge on any atom is 0.265 e. The van der Waals surface area contributed by atoms with Gasteiger partial charge in [-0.05, 0) is 55.2 Å². The van der Waals surface area contributed by atoms with Crippen molar-refractivity contribution in [1.82, 2.24) is 0 Å². The van der Waals surface area contributed by atoms with Crippen molar-refractivity contribution in [3.05, 3.63) is 53.6 Å². The second-order valence-corrected chi connectivity index (χ2v) is 6.71. The lowest BCUT2D eigenvalue weighted by Crippen LogP contribution is -2.30. The first-order valence-corrected chi connectivity index (χ1v) is 8.72. The van der Waals surface area contributed by atoms with Gasteiger partial charge in [-0.3, -0.25) is 9.59 Å². The predicted molar refractivity (Wildman–Crippen MR) is 105 cm³/mol. The fourth-order valence-corrected chi connectivity index (χ4v) is 2.59. The summed E-state index contributed by atoms with van der Waals surface area (Å²) in [7, 11) is 0. The van der Waals surface area contributed by atoms with Gasteiger partial charge in [0.2, 0.25) is 5.91 Å². The largest absolute Gasteiger partial charge is 0.481 e. The number of rotatable bonds is 6. The molecule has 0 saturated carbocycles. The third kappa shape index (κ3) is 5.34. The van der Waals surface area contributed by atoms with Gasteiger partial charge in [-0.15, -0.1) is 0 Å². The maximum absolute atomic E-state index is 12.5. The number of carbonyl (C=O) groups is 2. The van der Waals surface area contributed by atoms with Crippen molar-refractivity contribution in [3.63, 3.8) is 0 Å². The van der Waals surface area contributed by atoms with Crippen molar-refractivity contribution in [1.29, 1.82) is 0 Å². The molecule has 2 aromatic rings. The fraction of sp³-hybridized carbons (Fsp3) is 0.333. The van der Waals surface area contributed by atoms with Gasteiger partial charge in [0, 0.05) is 18.3 Å². The van der Waals surface area contributed by atoms with Crippen LogP contribution in [0.25, 0.3) is 0 Å². The number of aryl methyl sites for hydroxylation is 1. The highest BCUT2D eigenvalue weighted by Crippen LogP contribution is 2.28. The van der Waals surface area contributed by atoms with Gasteiger partial charge in [0.15, 0.2) is 6.10 Å². The molecule has 0 unspecified atom stereocenters. The lowest BCUT2D eigenvalue weighted by atomic mass is 10.0. The zero-order valence-electron chi connectivity index (χ0n) is 15.9. The van der Waals surface area contributed by atoms with Crippen LogP contribution in [0.3, 0.4) is 0 Å². The average molecular weight is 354 g/mol. The van der Waals surface area contributed by atoms with E-state index in [2.05, 4.69) is 24.5 Å². The Morgan fingerprint density at radius 2 is 1.62 bits per heavy atom.